The van der Waals surface area contributed by atoms with Crippen molar-refractivity contribution in [2.75, 3.05) is 5.32 Å². The van der Waals surface area contributed by atoms with Crippen molar-refractivity contribution in [3.05, 3.63) is 65.7 Å². The molecule has 1 aliphatic heterocycles. The molecule has 1 fully saturated rings. The lowest BCUT2D eigenvalue weighted by Gasteiger charge is -2.21. The molecule has 2 aromatic carbocycles. The number of aliphatic imine (C=N–C) groups is 1. The highest BCUT2D eigenvalue weighted by atomic mass is 16.6. The number of anilines is 1. The number of amides is 1. The summed E-state index contributed by atoms with van der Waals surface area (Å²) < 4.78 is 5.57. The lowest BCUT2D eigenvalue weighted by atomic mass is 9.89. The number of hydrogen-bond donors (Lipinski definition) is 1. The summed E-state index contributed by atoms with van der Waals surface area (Å²) in [6.07, 6.45) is 3.67. The Hall–Kier alpha value is -2.95. The van der Waals surface area contributed by atoms with Crippen molar-refractivity contribution < 1.29 is 14.3 Å². The monoisotopic (exact) mass is 362 g/mol. The van der Waals surface area contributed by atoms with Gasteiger partial charge >= 0.3 is 5.97 Å². The first kappa shape index (κ1) is 17.5. The van der Waals surface area contributed by atoms with Gasteiger partial charge in [0.1, 0.15) is 0 Å². The predicted octanol–water partition coefficient (Wildman–Crippen LogP) is 3.93. The fraction of sp³-hybridized carbons (Fsp3) is 0.318. The van der Waals surface area contributed by atoms with Crippen LogP contribution in [0.15, 0.2) is 59.6 Å². The van der Waals surface area contributed by atoms with Crippen LogP contribution in [-0.4, -0.2) is 23.8 Å². The van der Waals surface area contributed by atoms with E-state index in [4.69, 9.17) is 4.74 Å². The highest BCUT2D eigenvalue weighted by molar-refractivity contribution is 6.19. The van der Waals surface area contributed by atoms with E-state index in [1.165, 1.54) is 0 Å². The third kappa shape index (κ3) is 3.77. The Balaban J connectivity index is 1.68. The standard InChI is InChI=1S/C22H22N2O3/c25-20-21(27-22(26)16-11-5-2-6-12-16)24-19(15-9-3-1-4-10-15)17-13-7-8-14-18(17)23-20/h1,3-4,7-10,13-14,16,21H,2,5-6,11-12H2,(H,23,25). The number of para-hydroxylation sites is 1. The lowest BCUT2D eigenvalue weighted by Crippen LogP contribution is -2.33. The van der Waals surface area contributed by atoms with Crippen LogP contribution in [0.5, 0.6) is 0 Å². The van der Waals surface area contributed by atoms with Gasteiger partial charge in [-0.1, -0.05) is 67.8 Å². The second-order valence-corrected chi connectivity index (χ2v) is 7.00. The second kappa shape index (κ2) is 7.74. The molecule has 2 aliphatic rings. The molecule has 1 aliphatic carbocycles. The van der Waals surface area contributed by atoms with Gasteiger partial charge in [0.15, 0.2) is 0 Å². The van der Waals surface area contributed by atoms with Crippen LogP contribution in [0.25, 0.3) is 0 Å². The van der Waals surface area contributed by atoms with Gasteiger partial charge in [0.05, 0.1) is 17.3 Å². The molecule has 1 unspecified atom stereocenters. The van der Waals surface area contributed by atoms with E-state index in [1.807, 2.05) is 54.6 Å². The molecule has 1 saturated carbocycles. The minimum Gasteiger partial charge on any atom is -0.430 e. The van der Waals surface area contributed by atoms with E-state index >= 15 is 0 Å². The Morgan fingerprint density at radius 1 is 0.963 bits per heavy atom. The number of benzodiazepines with no additional fused rings is 1. The summed E-state index contributed by atoms with van der Waals surface area (Å²) in [6, 6.07) is 17.1. The zero-order valence-electron chi connectivity index (χ0n) is 15.1. The van der Waals surface area contributed by atoms with Crippen molar-refractivity contribution in [2.45, 2.75) is 38.3 Å². The van der Waals surface area contributed by atoms with Crippen molar-refractivity contribution in [3.8, 4) is 0 Å². The third-order valence-electron chi connectivity index (χ3n) is 5.12. The van der Waals surface area contributed by atoms with Gasteiger partial charge in [-0.15, -0.1) is 0 Å². The quantitative estimate of drug-likeness (QED) is 0.842. The molecule has 1 amide bonds. The molecule has 4 rings (SSSR count). The van der Waals surface area contributed by atoms with Crippen LogP contribution in [0.1, 0.15) is 43.2 Å². The number of fused-ring (bicyclic) bond motifs is 1. The van der Waals surface area contributed by atoms with Gasteiger partial charge in [0.25, 0.3) is 12.1 Å². The molecule has 1 atom stereocenters. The molecule has 0 spiro atoms. The van der Waals surface area contributed by atoms with E-state index in [2.05, 4.69) is 10.3 Å². The molecule has 5 nitrogen and oxygen atoms in total. The van der Waals surface area contributed by atoms with Gasteiger partial charge in [0.2, 0.25) is 0 Å². The summed E-state index contributed by atoms with van der Waals surface area (Å²) in [6.45, 7) is 0. The Morgan fingerprint density at radius 2 is 1.67 bits per heavy atom. The van der Waals surface area contributed by atoms with Gasteiger partial charge in [-0.2, -0.15) is 0 Å². The molecule has 0 saturated heterocycles. The molecule has 2 aromatic rings. The van der Waals surface area contributed by atoms with Crippen LogP contribution < -0.4 is 5.32 Å². The minimum atomic E-state index is -1.18. The number of carbonyl (C=O) groups excluding carboxylic acids is 2. The average Bonchev–Trinajstić information content (AvgIpc) is 2.86. The Labute approximate surface area is 158 Å². The molecule has 27 heavy (non-hydrogen) atoms. The maximum absolute atomic E-state index is 12.7. The molecule has 1 N–H and O–H groups in total. The molecule has 138 valence electrons. The molecule has 0 radical (unpaired) electrons. The third-order valence-corrected chi connectivity index (χ3v) is 5.12. The van der Waals surface area contributed by atoms with Crippen molar-refractivity contribution in [1.29, 1.82) is 0 Å². The zero-order chi connectivity index (χ0) is 18.6. The number of benzene rings is 2. The number of nitrogens with one attached hydrogen (secondary N) is 1. The number of hydrogen-bond acceptors (Lipinski definition) is 4. The van der Waals surface area contributed by atoms with Gasteiger partial charge in [0, 0.05) is 11.1 Å². The normalized spacial score (nSPS) is 20.1. The lowest BCUT2D eigenvalue weighted by molar-refractivity contribution is -0.158. The van der Waals surface area contributed by atoms with E-state index < -0.39 is 12.1 Å². The Bertz CT molecular complexity index is 870. The summed E-state index contributed by atoms with van der Waals surface area (Å²) in [5, 5.41) is 2.85. The van der Waals surface area contributed by atoms with Crippen molar-refractivity contribution in [2.24, 2.45) is 10.9 Å². The number of ether oxygens (including phenoxy) is 1. The van der Waals surface area contributed by atoms with E-state index in [1.54, 1.807) is 0 Å². The highest BCUT2D eigenvalue weighted by Gasteiger charge is 2.31. The number of rotatable bonds is 3. The topological polar surface area (TPSA) is 67.8 Å². The van der Waals surface area contributed by atoms with Gasteiger partial charge in [-0.05, 0) is 18.9 Å². The number of nitrogens with zero attached hydrogens (tertiary/aromatic N) is 1. The summed E-state index contributed by atoms with van der Waals surface area (Å²) in [5.74, 6) is -0.873. The largest absolute Gasteiger partial charge is 0.430 e. The fourth-order valence-electron chi connectivity index (χ4n) is 3.69. The summed E-state index contributed by atoms with van der Waals surface area (Å²) in [5.41, 5.74) is 3.00. The number of esters is 1. The maximum atomic E-state index is 12.7. The Morgan fingerprint density at radius 3 is 2.44 bits per heavy atom. The molecule has 0 bridgehead atoms. The van der Waals surface area contributed by atoms with Crippen LogP contribution in [0, 0.1) is 5.92 Å². The minimum absolute atomic E-state index is 0.132. The first-order valence-corrected chi connectivity index (χ1v) is 9.46. The predicted molar refractivity (Wildman–Crippen MR) is 104 cm³/mol. The van der Waals surface area contributed by atoms with Crippen molar-refractivity contribution >= 4 is 23.3 Å². The van der Waals surface area contributed by atoms with E-state index in [0.717, 1.165) is 43.2 Å². The maximum Gasteiger partial charge on any atom is 0.311 e. The van der Waals surface area contributed by atoms with Crippen LogP contribution in [0.4, 0.5) is 5.69 Å². The first-order valence-electron chi connectivity index (χ1n) is 9.46. The van der Waals surface area contributed by atoms with E-state index in [9.17, 15) is 9.59 Å². The van der Waals surface area contributed by atoms with E-state index in [0.29, 0.717) is 11.4 Å². The highest BCUT2D eigenvalue weighted by Crippen LogP contribution is 2.27. The average molecular weight is 362 g/mol. The first-order chi connectivity index (χ1) is 13.2. The number of carbonyl (C=O) groups is 2. The Kier molecular flexibility index (Phi) is 5.01. The molecule has 0 aromatic heterocycles. The SMILES string of the molecule is O=C(OC1N=C(c2ccccc2)c2ccccc2NC1=O)C1CCCCC1. The summed E-state index contributed by atoms with van der Waals surface area (Å²) in [4.78, 5) is 29.8. The van der Waals surface area contributed by atoms with Gasteiger partial charge < -0.3 is 10.1 Å². The summed E-state index contributed by atoms with van der Waals surface area (Å²) >= 11 is 0. The summed E-state index contributed by atoms with van der Waals surface area (Å²) in [7, 11) is 0. The van der Waals surface area contributed by atoms with E-state index in [-0.39, 0.29) is 11.9 Å². The van der Waals surface area contributed by atoms with Crippen molar-refractivity contribution in [3.63, 3.8) is 0 Å². The molecular weight excluding hydrogens is 340 g/mol. The van der Waals surface area contributed by atoms with Crippen LogP contribution in [-0.2, 0) is 14.3 Å². The van der Waals surface area contributed by atoms with Crippen LogP contribution in [0.3, 0.4) is 0 Å². The smallest absolute Gasteiger partial charge is 0.311 e. The fourth-order valence-corrected chi connectivity index (χ4v) is 3.69. The van der Waals surface area contributed by atoms with Gasteiger partial charge in [-0.25, -0.2) is 4.99 Å². The zero-order valence-corrected chi connectivity index (χ0v) is 15.1. The van der Waals surface area contributed by atoms with Crippen molar-refractivity contribution in [1.82, 2.24) is 0 Å². The van der Waals surface area contributed by atoms with Gasteiger partial charge in [-0.3, -0.25) is 9.59 Å². The molecule has 5 heteroatoms. The molecule has 1 heterocycles. The van der Waals surface area contributed by atoms with Crippen LogP contribution >= 0.6 is 0 Å². The van der Waals surface area contributed by atoms with Crippen LogP contribution in [0.2, 0.25) is 0 Å². The second-order valence-electron chi connectivity index (χ2n) is 7.00. The molecular formula is C22H22N2O3.